The number of nitrogens with one attached hydrogen (secondary N) is 2. The van der Waals surface area contributed by atoms with Gasteiger partial charge in [0.05, 0.1) is 22.9 Å². The summed E-state index contributed by atoms with van der Waals surface area (Å²) in [5.74, 6) is 0.797. The number of ether oxygens (including phenoxy) is 2. The Labute approximate surface area is 186 Å². The number of halogens is 1. The van der Waals surface area contributed by atoms with E-state index < -0.39 is 0 Å². The Morgan fingerprint density at radius 3 is 2.53 bits per heavy atom. The van der Waals surface area contributed by atoms with E-state index in [1.807, 2.05) is 24.4 Å². The van der Waals surface area contributed by atoms with Gasteiger partial charge in [0, 0.05) is 9.85 Å². The van der Waals surface area contributed by atoms with Gasteiger partial charge in [-0.15, -0.1) is 0 Å². The van der Waals surface area contributed by atoms with E-state index in [9.17, 15) is 9.59 Å². The van der Waals surface area contributed by atoms with Crippen molar-refractivity contribution < 1.29 is 19.1 Å². The third-order valence-electron chi connectivity index (χ3n) is 4.68. The van der Waals surface area contributed by atoms with Crippen LogP contribution in [0.5, 0.6) is 11.5 Å². The summed E-state index contributed by atoms with van der Waals surface area (Å²) in [6, 6.07) is 12.1. The van der Waals surface area contributed by atoms with Gasteiger partial charge >= 0.3 is 0 Å². The highest BCUT2D eigenvalue weighted by molar-refractivity contribution is 9.10. The van der Waals surface area contributed by atoms with Gasteiger partial charge in [0.2, 0.25) is 0 Å². The first-order valence-corrected chi connectivity index (χ1v) is 11.1. The van der Waals surface area contributed by atoms with Crippen molar-refractivity contribution >= 4 is 44.8 Å². The Hall–Kier alpha value is -2.84. The van der Waals surface area contributed by atoms with E-state index in [2.05, 4.69) is 26.6 Å². The Balaban J connectivity index is 1.52. The molecule has 2 aromatic carbocycles. The number of benzene rings is 2. The predicted octanol–water partition coefficient (Wildman–Crippen LogP) is 5.03. The number of hydrogen-bond donors (Lipinski definition) is 2. The first-order valence-electron chi connectivity index (χ1n) is 9.35. The Morgan fingerprint density at radius 1 is 1.07 bits per heavy atom. The molecule has 0 saturated heterocycles. The zero-order chi connectivity index (χ0) is 21.1. The normalized spacial score (nSPS) is 13.4. The smallest absolute Gasteiger partial charge is 0.256 e. The number of thiophene rings is 1. The number of hydrogen-bond acceptors (Lipinski definition) is 5. The van der Waals surface area contributed by atoms with Gasteiger partial charge in [-0.1, -0.05) is 28.1 Å². The summed E-state index contributed by atoms with van der Waals surface area (Å²) in [5, 5.41) is 9.41. The summed E-state index contributed by atoms with van der Waals surface area (Å²) in [7, 11) is 0. The van der Waals surface area contributed by atoms with E-state index in [0.717, 1.165) is 10.0 Å². The third-order valence-corrected chi connectivity index (χ3v) is 6.05. The van der Waals surface area contributed by atoms with Crippen LogP contribution in [0.4, 0.5) is 5.69 Å². The van der Waals surface area contributed by atoms with Crippen LogP contribution in [0.1, 0.15) is 39.2 Å². The van der Waals surface area contributed by atoms with Crippen LogP contribution in [-0.2, 0) is 0 Å². The molecule has 4 rings (SSSR count). The molecule has 0 radical (unpaired) electrons. The van der Waals surface area contributed by atoms with Gasteiger partial charge in [-0.2, -0.15) is 11.3 Å². The number of anilines is 1. The highest BCUT2D eigenvalue weighted by atomic mass is 79.9. The van der Waals surface area contributed by atoms with Crippen molar-refractivity contribution in [3.63, 3.8) is 0 Å². The van der Waals surface area contributed by atoms with Crippen molar-refractivity contribution in [2.24, 2.45) is 0 Å². The van der Waals surface area contributed by atoms with Crippen molar-refractivity contribution in [2.75, 3.05) is 18.5 Å². The molecule has 1 unspecified atom stereocenters. The van der Waals surface area contributed by atoms with Crippen molar-refractivity contribution in [3.05, 3.63) is 74.4 Å². The lowest BCUT2D eigenvalue weighted by Gasteiger charge is -2.22. The SMILES string of the molecule is CC(NC(=O)c1ccccc1NC(=O)c1ccsc1)c1cc2c(cc1Br)OCCO2. The molecule has 1 aliphatic rings. The molecule has 0 bridgehead atoms. The molecule has 6 nitrogen and oxygen atoms in total. The van der Waals surface area contributed by atoms with Gasteiger partial charge in [0.1, 0.15) is 13.2 Å². The standard InChI is InChI=1S/C22H19BrN2O4S/c1-13(16-10-19-20(11-17(16)23)29-8-7-28-19)24-22(27)15-4-2-3-5-18(15)25-21(26)14-6-9-30-12-14/h2-6,9-13H,7-8H2,1H3,(H,24,27)(H,25,26). The average Bonchev–Trinajstić information content (AvgIpc) is 3.28. The predicted molar refractivity (Wildman–Crippen MR) is 120 cm³/mol. The highest BCUT2D eigenvalue weighted by Gasteiger charge is 2.21. The Kier molecular flexibility index (Phi) is 6.06. The summed E-state index contributed by atoms with van der Waals surface area (Å²) in [5.41, 5.74) is 2.28. The van der Waals surface area contributed by atoms with Crippen LogP contribution in [0.25, 0.3) is 0 Å². The van der Waals surface area contributed by atoms with E-state index in [-0.39, 0.29) is 17.9 Å². The summed E-state index contributed by atoms with van der Waals surface area (Å²) < 4.78 is 12.1. The van der Waals surface area contributed by atoms with Crippen LogP contribution in [0, 0.1) is 0 Å². The van der Waals surface area contributed by atoms with Gasteiger partial charge < -0.3 is 20.1 Å². The van der Waals surface area contributed by atoms with Gasteiger partial charge in [0.25, 0.3) is 11.8 Å². The maximum atomic E-state index is 13.0. The minimum atomic E-state index is -0.302. The van der Waals surface area contributed by atoms with Gasteiger partial charge in [-0.3, -0.25) is 9.59 Å². The molecule has 0 aliphatic carbocycles. The maximum absolute atomic E-state index is 13.0. The molecule has 2 amide bonds. The molecule has 1 aromatic heterocycles. The Bertz CT molecular complexity index is 1080. The number of fused-ring (bicyclic) bond motifs is 1. The molecule has 3 aromatic rings. The number of rotatable bonds is 5. The number of para-hydroxylation sites is 1. The zero-order valence-corrected chi connectivity index (χ0v) is 18.5. The minimum Gasteiger partial charge on any atom is -0.486 e. The van der Waals surface area contributed by atoms with E-state index in [0.29, 0.717) is 41.5 Å². The molecule has 0 fully saturated rings. The molecule has 0 saturated carbocycles. The second-order valence-electron chi connectivity index (χ2n) is 6.72. The summed E-state index contributed by atoms with van der Waals surface area (Å²) in [6.07, 6.45) is 0. The van der Waals surface area contributed by atoms with Crippen molar-refractivity contribution in [3.8, 4) is 11.5 Å². The van der Waals surface area contributed by atoms with Gasteiger partial charge in [-0.05, 0) is 48.2 Å². The fourth-order valence-electron chi connectivity index (χ4n) is 3.14. The zero-order valence-electron chi connectivity index (χ0n) is 16.1. The second kappa shape index (κ2) is 8.89. The number of carbonyl (C=O) groups excluding carboxylic acids is 2. The Morgan fingerprint density at radius 2 is 1.80 bits per heavy atom. The largest absolute Gasteiger partial charge is 0.486 e. The topological polar surface area (TPSA) is 76.7 Å². The summed E-state index contributed by atoms with van der Waals surface area (Å²) in [4.78, 5) is 25.4. The molecule has 8 heteroatoms. The fraction of sp³-hybridized carbons (Fsp3) is 0.182. The minimum absolute atomic E-state index is 0.251. The molecule has 1 atom stereocenters. The lowest BCUT2D eigenvalue weighted by Crippen LogP contribution is -2.28. The van der Waals surface area contributed by atoms with E-state index >= 15 is 0 Å². The maximum Gasteiger partial charge on any atom is 0.256 e. The van der Waals surface area contributed by atoms with E-state index in [4.69, 9.17) is 9.47 Å². The molecule has 2 N–H and O–H groups in total. The second-order valence-corrected chi connectivity index (χ2v) is 8.36. The van der Waals surface area contributed by atoms with Crippen LogP contribution in [-0.4, -0.2) is 25.0 Å². The molecule has 2 heterocycles. The van der Waals surface area contributed by atoms with Crippen LogP contribution in [0.15, 0.2) is 57.7 Å². The lowest BCUT2D eigenvalue weighted by molar-refractivity contribution is 0.0940. The first kappa shape index (κ1) is 20.4. The van der Waals surface area contributed by atoms with Crippen molar-refractivity contribution in [1.82, 2.24) is 5.32 Å². The molecular weight excluding hydrogens is 468 g/mol. The van der Waals surface area contributed by atoms with Crippen molar-refractivity contribution in [2.45, 2.75) is 13.0 Å². The van der Waals surface area contributed by atoms with Crippen LogP contribution < -0.4 is 20.1 Å². The van der Waals surface area contributed by atoms with Gasteiger partial charge in [0.15, 0.2) is 11.5 Å². The molecular formula is C22H19BrN2O4S. The molecule has 154 valence electrons. The van der Waals surface area contributed by atoms with E-state index in [1.165, 1.54) is 11.3 Å². The molecule has 30 heavy (non-hydrogen) atoms. The van der Waals surface area contributed by atoms with Crippen molar-refractivity contribution in [1.29, 1.82) is 0 Å². The van der Waals surface area contributed by atoms with Crippen LogP contribution in [0.3, 0.4) is 0 Å². The van der Waals surface area contributed by atoms with Crippen LogP contribution >= 0.6 is 27.3 Å². The first-order chi connectivity index (χ1) is 14.5. The quantitative estimate of drug-likeness (QED) is 0.530. The summed E-state index contributed by atoms with van der Waals surface area (Å²) >= 11 is 4.99. The monoisotopic (exact) mass is 486 g/mol. The third kappa shape index (κ3) is 4.34. The van der Waals surface area contributed by atoms with E-state index in [1.54, 1.807) is 35.7 Å². The number of carbonyl (C=O) groups is 2. The number of amides is 2. The molecule has 0 spiro atoms. The van der Waals surface area contributed by atoms with Crippen LogP contribution in [0.2, 0.25) is 0 Å². The highest BCUT2D eigenvalue weighted by Crippen LogP contribution is 2.38. The average molecular weight is 487 g/mol. The fourth-order valence-corrected chi connectivity index (χ4v) is 4.44. The van der Waals surface area contributed by atoms with Gasteiger partial charge in [-0.25, -0.2) is 0 Å². The lowest BCUT2D eigenvalue weighted by atomic mass is 10.1. The molecule has 1 aliphatic heterocycles. The summed E-state index contributed by atoms with van der Waals surface area (Å²) in [6.45, 7) is 2.89.